The number of halogens is 1. The first-order chi connectivity index (χ1) is 8.04. The zero-order valence-electron chi connectivity index (χ0n) is 10.9. The van der Waals surface area contributed by atoms with Gasteiger partial charge in [0.1, 0.15) is 0 Å². The maximum Gasteiger partial charge on any atom is 0.0685 e. The van der Waals surface area contributed by atoms with Gasteiger partial charge in [-0.1, -0.05) is 35.8 Å². The molecule has 1 aromatic rings. The van der Waals surface area contributed by atoms with Crippen LogP contribution in [0.2, 0.25) is 0 Å². The molecule has 0 spiro atoms. The van der Waals surface area contributed by atoms with Crippen LogP contribution in [0.15, 0.2) is 22.7 Å². The third kappa shape index (κ3) is 4.09. The van der Waals surface area contributed by atoms with E-state index >= 15 is 0 Å². The fourth-order valence-corrected chi connectivity index (χ4v) is 2.13. The van der Waals surface area contributed by atoms with Crippen molar-refractivity contribution in [3.63, 3.8) is 0 Å². The predicted molar refractivity (Wildman–Crippen MR) is 75.9 cm³/mol. The van der Waals surface area contributed by atoms with Gasteiger partial charge in [0.25, 0.3) is 0 Å². The zero-order chi connectivity index (χ0) is 12.9. The molecule has 0 aromatic heterocycles. The van der Waals surface area contributed by atoms with E-state index in [1.54, 1.807) is 0 Å². The third-order valence-electron chi connectivity index (χ3n) is 3.60. The minimum Gasteiger partial charge on any atom is -0.392 e. The average Bonchev–Trinajstić information content (AvgIpc) is 2.36. The summed E-state index contributed by atoms with van der Waals surface area (Å²) in [5.74, 6) is 0. The van der Waals surface area contributed by atoms with E-state index in [0.717, 1.165) is 29.4 Å². The highest BCUT2D eigenvalue weighted by molar-refractivity contribution is 9.10. The largest absolute Gasteiger partial charge is 0.392 e. The van der Waals surface area contributed by atoms with Gasteiger partial charge in [-0.15, -0.1) is 0 Å². The average molecular weight is 300 g/mol. The second-order valence-electron chi connectivity index (χ2n) is 4.69. The van der Waals surface area contributed by atoms with Gasteiger partial charge < -0.3 is 10.4 Å². The van der Waals surface area contributed by atoms with Crippen molar-refractivity contribution in [2.45, 2.75) is 52.3 Å². The molecule has 0 saturated heterocycles. The molecule has 0 atom stereocenters. The summed E-state index contributed by atoms with van der Waals surface area (Å²) in [5, 5.41) is 12.9. The first-order valence-corrected chi connectivity index (χ1v) is 6.97. The van der Waals surface area contributed by atoms with Crippen LogP contribution in [0.1, 0.15) is 44.7 Å². The summed E-state index contributed by atoms with van der Waals surface area (Å²) in [6.45, 7) is 7.54. The zero-order valence-corrected chi connectivity index (χ0v) is 12.5. The van der Waals surface area contributed by atoms with Crippen LogP contribution in [0.25, 0.3) is 0 Å². The molecule has 17 heavy (non-hydrogen) atoms. The normalized spacial score (nSPS) is 11.8. The molecule has 0 fully saturated rings. The van der Waals surface area contributed by atoms with E-state index in [-0.39, 0.29) is 12.1 Å². The lowest BCUT2D eigenvalue weighted by Crippen LogP contribution is -2.40. The van der Waals surface area contributed by atoms with Crippen molar-refractivity contribution in [1.29, 1.82) is 0 Å². The molecule has 2 N–H and O–H groups in total. The van der Waals surface area contributed by atoms with Gasteiger partial charge in [-0.05, 0) is 43.0 Å². The fraction of sp³-hybridized carbons (Fsp3) is 0.571. The van der Waals surface area contributed by atoms with Gasteiger partial charge in [0.15, 0.2) is 0 Å². The van der Waals surface area contributed by atoms with Crippen molar-refractivity contribution in [2.24, 2.45) is 0 Å². The number of hydrogen-bond acceptors (Lipinski definition) is 2. The van der Waals surface area contributed by atoms with E-state index in [2.05, 4.69) is 48.1 Å². The highest BCUT2D eigenvalue weighted by Gasteiger charge is 2.18. The molecule has 1 rings (SSSR count). The van der Waals surface area contributed by atoms with Gasteiger partial charge in [0.2, 0.25) is 0 Å². The molecule has 0 bridgehead atoms. The Morgan fingerprint density at radius 2 is 1.88 bits per heavy atom. The van der Waals surface area contributed by atoms with E-state index in [1.807, 2.05) is 12.1 Å². The topological polar surface area (TPSA) is 32.3 Å². The molecule has 0 aliphatic carbocycles. The van der Waals surface area contributed by atoms with Crippen LogP contribution < -0.4 is 5.32 Å². The Balaban J connectivity index is 2.75. The van der Waals surface area contributed by atoms with E-state index in [9.17, 15) is 5.11 Å². The Morgan fingerprint density at radius 3 is 2.41 bits per heavy atom. The van der Waals surface area contributed by atoms with Crippen LogP contribution in [0.5, 0.6) is 0 Å². The monoisotopic (exact) mass is 299 g/mol. The van der Waals surface area contributed by atoms with Gasteiger partial charge >= 0.3 is 0 Å². The summed E-state index contributed by atoms with van der Waals surface area (Å²) < 4.78 is 1.01. The summed E-state index contributed by atoms with van der Waals surface area (Å²) in [6.07, 6.45) is 2.21. The van der Waals surface area contributed by atoms with Crippen molar-refractivity contribution in [2.75, 3.05) is 0 Å². The quantitative estimate of drug-likeness (QED) is 0.841. The van der Waals surface area contributed by atoms with Crippen LogP contribution in [-0.4, -0.2) is 10.6 Å². The number of nitrogens with one attached hydrogen (secondary N) is 1. The highest BCUT2D eigenvalue weighted by Crippen LogP contribution is 2.19. The molecule has 0 aliphatic heterocycles. The maximum atomic E-state index is 9.34. The van der Waals surface area contributed by atoms with Crippen molar-refractivity contribution in [3.05, 3.63) is 33.8 Å². The van der Waals surface area contributed by atoms with Gasteiger partial charge in [0, 0.05) is 16.6 Å². The number of aliphatic hydroxyl groups excluding tert-OH is 1. The molecule has 96 valence electrons. The molecular weight excluding hydrogens is 278 g/mol. The van der Waals surface area contributed by atoms with Crippen LogP contribution in [0.3, 0.4) is 0 Å². The van der Waals surface area contributed by atoms with E-state index in [1.165, 1.54) is 5.56 Å². The Kier molecular flexibility index (Phi) is 5.63. The second kappa shape index (κ2) is 6.53. The second-order valence-corrected chi connectivity index (χ2v) is 5.61. The highest BCUT2D eigenvalue weighted by atomic mass is 79.9. The van der Waals surface area contributed by atoms with Crippen molar-refractivity contribution < 1.29 is 5.11 Å². The molecule has 0 amide bonds. The lowest BCUT2D eigenvalue weighted by molar-refractivity contribution is 0.278. The van der Waals surface area contributed by atoms with Crippen molar-refractivity contribution in [3.8, 4) is 0 Å². The number of benzene rings is 1. The first kappa shape index (κ1) is 14.7. The first-order valence-electron chi connectivity index (χ1n) is 6.18. The summed E-state index contributed by atoms with van der Waals surface area (Å²) >= 11 is 3.42. The predicted octanol–water partition coefficient (Wildman–Crippen LogP) is 3.61. The summed E-state index contributed by atoms with van der Waals surface area (Å²) in [6, 6.07) is 6.06. The minimum atomic E-state index is 0.0887. The van der Waals surface area contributed by atoms with Crippen LogP contribution in [-0.2, 0) is 13.2 Å². The van der Waals surface area contributed by atoms with Crippen LogP contribution in [0.4, 0.5) is 0 Å². The molecule has 1 aromatic carbocycles. The molecule has 3 heteroatoms. The third-order valence-corrected chi connectivity index (χ3v) is 4.10. The van der Waals surface area contributed by atoms with Gasteiger partial charge in [-0.3, -0.25) is 0 Å². The molecule has 0 saturated carbocycles. The van der Waals surface area contributed by atoms with Crippen molar-refractivity contribution in [1.82, 2.24) is 5.32 Å². The number of hydrogen-bond donors (Lipinski definition) is 2. The lowest BCUT2D eigenvalue weighted by atomic mass is 9.95. The smallest absolute Gasteiger partial charge is 0.0685 e. The number of aliphatic hydroxyl groups is 1. The molecule has 0 heterocycles. The summed E-state index contributed by atoms with van der Waals surface area (Å²) in [7, 11) is 0. The van der Waals surface area contributed by atoms with Crippen LogP contribution in [0, 0.1) is 0 Å². The molecule has 0 unspecified atom stereocenters. The minimum absolute atomic E-state index is 0.0887. The van der Waals surface area contributed by atoms with E-state index in [0.29, 0.717) is 0 Å². The van der Waals surface area contributed by atoms with Gasteiger partial charge in [-0.2, -0.15) is 0 Å². The standard InChI is InChI=1S/C14H22BrNO/c1-4-14(3,5-2)16-9-11-6-7-13(15)8-12(11)10-17/h6-8,16-17H,4-5,9-10H2,1-3H3. The fourth-order valence-electron chi connectivity index (χ4n) is 1.72. The molecule has 0 radical (unpaired) electrons. The maximum absolute atomic E-state index is 9.34. The van der Waals surface area contributed by atoms with Gasteiger partial charge in [0.05, 0.1) is 6.61 Å². The lowest BCUT2D eigenvalue weighted by Gasteiger charge is -2.29. The summed E-state index contributed by atoms with van der Waals surface area (Å²) in [5.41, 5.74) is 2.34. The molecule has 2 nitrogen and oxygen atoms in total. The Hall–Kier alpha value is -0.380. The van der Waals surface area contributed by atoms with E-state index in [4.69, 9.17) is 0 Å². The molecular formula is C14H22BrNO. The van der Waals surface area contributed by atoms with Gasteiger partial charge in [-0.25, -0.2) is 0 Å². The Bertz CT molecular complexity index is 361. The van der Waals surface area contributed by atoms with E-state index < -0.39 is 0 Å². The summed E-state index contributed by atoms with van der Waals surface area (Å²) in [4.78, 5) is 0. The Morgan fingerprint density at radius 1 is 1.24 bits per heavy atom. The number of rotatable bonds is 6. The Labute approximate surface area is 113 Å². The van der Waals surface area contributed by atoms with Crippen LogP contribution >= 0.6 is 15.9 Å². The molecule has 0 aliphatic rings. The van der Waals surface area contributed by atoms with Crippen molar-refractivity contribution >= 4 is 15.9 Å². The SMILES string of the molecule is CCC(C)(CC)NCc1ccc(Br)cc1CO.